The maximum absolute atomic E-state index is 6.32. The van der Waals surface area contributed by atoms with E-state index in [0.29, 0.717) is 6.04 Å². The van der Waals surface area contributed by atoms with Crippen LogP contribution >= 0.6 is 0 Å². The first kappa shape index (κ1) is 12.9. The molecule has 2 atom stereocenters. The van der Waals surface area contributed by atoms with Crippen LogP contribution in [-0.2, 0) is 6.54 Å². The maximum Gasteiger partial charge on any atom is 0.123 e. The number of ether oxygens (including phenoxy) is 1. The quantitative estimate of drug-likeness (QED) is 0.872. The van der Waals surface area contributed by atoms with Crippen LogP contribution < -0.4 is 10.5 Å². The summed E-state index contributed by atoms with van der Waals surface area (Å²) in [6, 6.07) is 17.5. The number of fused-ring (bicyclic) bond motifs is 2. The van der Waals surface area contributed by atoms with Gasteiger partial charge in [0.1, 0.15) is 12.4 Å². The third-order valence-corrected chi connectivity index (χ3v) is 4.65. The Labute approximate surface area is 125 Å². The van der Waals surface area contributed by atoms with E-state index in [1.165, 1.54) is 16.7 Å². The highest BCUT2D eigenvalue weighted by Gasteiger charge is 2.33. The van der Waals surface area contributed by atoms with E-state index in [1.54, 1.807) is 0 Å². The van der Waals surface area contributed by atoms with E-state index in [9.17, 15) is 0 Å². The van der Waals surface area contributed by atoms with Crippen LogP contribution in [-0.4, -0.2) is 18.1 Å². The van der Waals surface area contributed by atoms with E-state index in [1.807, 2.05) is 6.07 Å². The third kappa shape index (κ3) is 2.23. The van der Waals surface area contributed by atoms with E-state index in [4.69, 9.17) is 10.5 Å². The molecular weight excluding hydrogens is 260 g/mol. The Morgan fingerprint density at radius 3 is 2.67 bits per heavy atom. The molecule has 108 valence electrons. The van der Waals surface area contributed by atoms with Gasteiger partial charge in [-0.3, -0.25) is 4.90 Å². The van der Waals surface area contributed by atoms with Crippen LogP contribution in [0.25, 0.3) is 0 Å². The van der Waals surface area contributed by atoms with Crippen molar-refractivity contribution in [2.45, 2.75) is 25.0 Å². The molecule has 2 aromatic rings. The monoisotopic (exact) mass is 280 g/mol. The molecule has 2 aliphatic rings. The Bertz CT molecular complexity index is 655. The van der Waals surface area contributed by atoms with Crippen molar-refractivity contribution in [3.8, 4) is 5.75 Å². The molecule has 0 radical (unpaired) electrons. The minimum atomic E-state index is 0.158. The minimum absolute atomic E-state index is 0.158. The van der Waals surface area contributed by atoms with Crippen LogP contribution in [0, 0.1) is 0 Å². The summed E-state index contributed by atoms with van der Waals surface area (Å²) in [5.41, 5.74) is 10.3. The van der Waals surface area contributed by atoms with Crippen molar-refractivity contribution in [3.05, 3.63) is 65.2 Å². The van der Waals surface area contributed by atoms with Gasteiger partial charge in [-0.2, -0.15) is 0 Å². The average molecular weight is 280 g/mol. The summed E-state index contributed by atoms with van der Waals surface area (Å²) in [5, 5.41) is 0. The summed E-state index contributed by atoms with van der Waals surface area (Å²) in [4.78, 5) is 2.51. The van der Waals surface area contributed by atoms with Crippen molar-refractivity contribution in [1.82, 2.24) is 4.90 Å². The first-order chi connectivity index (χ1) is 10.3. The highest BCUT2D eigenvalue weighted by Crippen LogP contribution is 2.42. The van der Waals surface area contributed by atoms with Crippen molar-refractivity contribution in [2.75, 3.05) is 13.2 Å². The van der Waals surface area contributed by atoms with Gasteiger partial charge in [-0.1, -0.05) is 42.5 Å². The Morgan fingerprint density at radius 2 is 1.76 bits per heavy atom. The van der Waals surface area contributed by atoms with Crippen LogP contribution in [0.4, 0.5) is 0 Å². The molecule has 0 amide bonds. The molecule has 0 aromatic heterocycles. The molecule has 1 aliphatic carbocycles. The highest BCUT2D eigenvalue weighted by atomic mass is 16.5. The second kappa shape index (κ2) is 5.17. The SMILES string of the molecule is NC1CC(N2CCOc3ccccc3C2)c2ccccc21. The Kier molecular flexibility index (Phi) is 3.17. The van der Waals surface area contributed by atoms with Crippen molar-refractivity contribution in [3.63, 3.8) is 0 Å². The van der Waals surface area contributed by atoms with Crippen molar-refractivity contribution in [1.29, 1.82) is 0 Å². The fourth-order valence-electron chi connectivity index (χ4n) is 3.60. The molecule has 1 aliphatic heterocycles. The predicted molar refractivity (Wildman–Crippen MR) is 83.1 cm³/mol. The molecule has 2 N–H and O–H groups in total. The van der Waals surface area contributed by atoms with Crippen LogP contribution in [0.3, 0.4) is 0 Å². The lowest BCUT2D eigenvalue weighted by molar-refractivity contribution is 0.165. The lowest BCUT2D eigenvalue weighted by Crippen LogP contribution is -2.29. The highest BCUT2D eigenvalue weighted by molar-refractivity contribution is 5.39. The summed E-state index contributed by atoms with van der Waals surface area (Å²) < 4.78 is 5.88. The molecule has 21 heavy (non-hydrogen) atoms. The van der Waals surface area contributed by atoms with Gasteiger partial charge < -0.3 is 10.5 Å². The Hall–Kier alpha value is -1.84. The molecule has 2 unspecified atom stereocenters. The Balaban J connectivity index is 1.66. The number of hydrogen-bond donors (Lipinski definition) is 1. The first-order valence-electron chi connectivity index (χ1n) is 7.62. The number of benzene rings is 2. The number of nitrogens with zero attached hydrogens (tertiary/aromatic N) is 1. The van der Waals surface area contributed by atoms with Crippen LogP contribution in [0.2, 0.25) is 0 Å². The van der Waals surface area contributed by atoms with E-state index >= 15 is 0 Å². The third-order valence-electron chi connectivity index (χ3n) is 4.65. The van der Waals surface area contributed by atoms with Gasteiger partial charge in [0.2, 0.25) is 0 Å². The number of hydrogen-bond acceptors (Lipinski definition) is 3. The molecule has 1 heterocycles. The van der Waals surface area contributed by atoms with Gasteiger partial charge in [0.15, 0.2) is 0 Å². The second-order valence-electron chi connectivity index (χ2n) is 5.91. The van der Waals surface area contributed by atoms with Gasteiger partial charge in [-0.25, -0.2) is 0 Å². The largest absolute Gasteiger partial charge is 0.492 e. The lowest BCUT2D eigenvalue weighted by Gasteiger charge is -2.27. The van der Waals surface area contributed by atoms with Crippen LogP contribution in [0.15, 0.2) is 48.5 Å². The fourth-order valence-corrected chi connectivity index (χ4v) is 3.60. The maximum atomic E-state index is 6.32. The van der Waals surface area contributed by atoms with Crippen molar-refractivity contribution >= 4 is 0 Å². The molecule has 3 nitrogen and oxygen atoms in total. The van der Waals surface area contributed by atoms with E-state index in [-0.39, 0.29) is 6.04 Å². The molecule has 4 rings (SSSR count). The minimum Gasteiger partial charge on any atom is -0.492 e. The summed E-state index contributed by atoms with van der Waals surface area (Å²) in [5.74, 6) is 1.02. The topological polar surface area (TPSA) is 38.5 Å². The standard InChI is InChI=1S/C18H20N2O/c19-16-11-17(15-7-3-2-6-14(15)16)20-9-10-21-18-8-4-1-5-13(18)12-20/h1-8,16-17H,9-12,19H2. The number of rotatable bonds is 1. The lowest BCUT2D eigenvalue weighted by atomic mass is 10.1. The normalized spacial score (nSPS) is 24.8. The predicted octanol–water partition coefficient (Wildman–Crippen LogP) is 3.03. The molecule has 0 spiro atoms. The smallest absolute Gasteiger partial charge is 0.123 e. The summed E-state index contributed by atoms with van der Waals surface area (Å²) in [6.07, 6.45) is 1.00. The first-order valence-corrected chi connectivity index (χ1v) is 7.62. The molecule has 0 saturated heterocycles. The average Bonchev–Trinajstić information content (AvgIpc) is 2.71. The van der Waals surface area contributed by atoms with Crippen LogP contribution in [0.5, 0.6) is 5.75 Å². The van der Waals surface area contributed by atoms with Gasteiger partial charge in [-0.05, 0) is 23.6 Å². The molecular formula is C18H20N2O. The molecule has 3 heteroatoms. The van der Waals surface area contributed by atoms with Crippen molar-refractivity contribution in [2.24, 2.45) is 5.73 Å². The molecule has 0 bridgehead atoms. The van der Waals surface area contributed by atoms with E-state index in [0.717, 1.165) is 31.9 Å². The van der Waals surface area contributed by atoms with E-state index < -0.39 is 0 Å². The summed E-state index contributed by atoms with van der Waals surface area (Å²) in [7, 11) is 0. The molecule has 0 saturated carbocycles. The number of nitrogens with two attached hydrogens (primary N) is 1. The Morgan fingerprint density at radius 1 is 1.00 bits per heavy atom. The van der Waals surface area contributed by atoms with Crippen LogP contribution in [0.1, 0.15) is 35.2 Å². The molecule has 2 aromatic carbocycles. The molecule has 0 fully saturated rings. The fraction of sp³-hybridized carbons (Fsp3) is 0.333. The summed E-state index contributed by atoms with van der Waals surface area (Å²) >= 11 is 0. The van der Waals surface area contributed by atoms with Gasteiger partial charge in [0.05, 0.1) is 0 Å². The number of para-hydroxylation sites is 1. The van der Waals surface area contributed by atoms with Crippen molar-refractivity contribution < 1.29 is 4.74 Å². The zero-order chi connectivity index (χ0) is 14.2. The van der Waals surface area contributed by atoms with Gasteiger partial charge >= 0.3 is 0 Å². The van der Waals surface area contributed by atoms with E-state index in [2.05, 4.69) is 47.4 Å². The zero-order valence-corrected chi connectivity index (χ0v) is 12.0. The van der Waals surface area contributed by atoms with Gasteiger partial charge in [0.25, 0.3) is 0 Å². The second-order valence-corrected chi connectivity index (χ2v) is 5.91. The van der Waals surface area contributed by atoms with Gasteiger partial charge in [-0.15, -0.1) is 0 Å². The van der Waals surface area contributed by atoms with Gasteiger partial charge in [0, 0.05) is 30.7 Å². The zero-order valence-electron chi connectivity index (χ0n) is 12.0. The summed E-state index contributed by atoms with van der Waals surface area (Å²) in [6.45, 7) is 2.62.